The molecule has 0 aliphatic carbocycles. The monoisotopic (exact) mass is 258 g/mol. The van der Waals surface area contributed by atoms with Gasteiger partial charge >= 0.3 is 0 Å². The van der Waals surface area contributed by atoms with Gasteiger partial charge in [-0.1, -0.05) is 12.1 Å². The highest BCUT2D eigenvalue weighted by Crippen LogP contribution is 2.33. The summed E-state index contributed by atoms with van der Waals surface area (Å²) in [6.07, 6.45) is 1.13. The van der Waals surface area contributed by atoms with Crippen molar-refractivity contribution in [2.24, 2.45) is 0 Å². The normalized spacial score (nSPS) is 18.4. The summed E-state index contributed by atoms with van der Waals surface area (Å²) in [5, 5.41) is 5.79. The molecule has 1 aromatic heterocycles. The van der Waals surface area contributed by atoms with Gasteiger partial charge in [0.15, 0.2) is 0 Å². The topological polar surface area (TPSA) is 15.3 Å². The van der Waals surface area contributed by atoms with Crippen LogP contribution in [0.4, 0.5) is 5.69 Å². The van der Waals surface area contributed by atoms with Crippen LogP contribution in [0.2, 0.25) is 0 Å². The minimum atomic E-state index is 0.369. The van der Waals surface area contributed by atoms with E-state index in [4.69, 9.17) is 0 Å². The lowest BCUT2D eigenvalue weighted by Crippen LogP contribution is -2.30. The van der Waals surface area contributed by atoms with Crippen molar-refractivity contribution in [3.8, 4) is 0 Å². The van der Waals surface area contributed by atoms with Gasteiger partial charge < -0.3 is 10.2 Å². The maximum absolute atomic E-state index is 3.64. The van der Waals surface area contributed by atoms with Gasteiger partial charge in [-0.3, -0.25) is 0 Å². The molecule has 0 spiro atoms. The van der Waals surface area contributed by atoms with Crippen molar-refractivity contribution < 1.29 is 0 Å². The molecule has 1 aromatic carbocycles. The second-order valence-electron chi connectivity index (χ2n) is 4.93. The molecule has 0 fully saturated rings. The lowest BCUT2D eigenvalue weighted by molar-refractivity contribution is 0.575. The van der Waals surface area contributed by atoms with E-state index < -0.39 is 0 Å². The molecule has 1 N–H and O–H groups in total. The Bertz CT molecular complexity index is 531. The van der Waals surface area contributed by atoms with Gasteiger partial charge in [-0.15, -0.1) is 11.3 Å². The Kier molecular flexibility index (Phi) is 3.10. The van der Waals surface area contributed by atoms with Crippen molar-refractivity contribution in [3.05, 3.63) is 51.7 Å². The highest BCUT2D eigenvalue weighted by Gasteiger charge is 2.22. The Hall–Kier alpha value is -1.32. The SMILES string of the molecule is CN(C)c1ccc2c(c1)C(c1cccs1)NCC2. The number of benzene rings is 1. The molecule has 18 heavy (non-hydrogen) atoms. The lowest BCUT2D eigenvalue weighted by Gasteiger charge is -2.28. The standard InChI is InChI=1S/C15H18N2S/c1-17(2)12-6-5-11-7-8-16-15(13(11)10-12)14-4-3-9-18-14/h3-6,9-10,15-16H,7-8H2,1-2H3. The number of anilines is 1. The number of nitrogens with one attached hydrogen (secondary N) is 1. The van der Waals surface area contributed by atoms with Gasteiger partial charge in [0.25, 0.3) is 0 Å². The average molecular weight is 258 g/mol. The third-order valence-corrected chi connectivity index (χ3v) is 4.46. The molecule has 3 heteroatoms. The van der Waals surface area contributed by atoms with Crippen LogP contribution in [0, 0.1) is 0 Å². The molecule has 3 rings (SSSR count). The highest BCUT2D eigenvalue weighted by atomic mass is 32.1. The third-order valence-electron chi connectivity index (χ3n) is 3.53. The van der Waals surface area contributed by atoms with E-state index in [9.17, 15) is 0 Å². The third kappa shape index (κ3) is 2.04. The average Bonchev–Trinajstić information content (AvgIpc) is 2.91. The second-order valence-corrected chi connectivity index (χ2v) is 5.91. The van der Waals surface area contributed by atoms with Crippen LogP contribution in [-0.2, 0) is 6.42 Å². The van der Waals surface area contributed by atoms with Crippen LogP contribution in [0.25, 0.3) is 0 Å². The zero-order valence-electron chi connectivity index (χ0n) is 10.8. The van der Waals surface area contributed by atoms with Gasteiger partial charge in [-0.25, -0.2) is 0 Å². The van der Waals surface area contributed by atoms with Gasteiger partial charge in [0.1, 0.15) is 0 Å². The van der Waals surface area contributed by atoms with Gasteiger partial charge in [0.2, 0.25) is 0 Å². The van der Waals surface area contributed by atoms with Crippen LogP contribution in [0.1, 0.15) is 22.0 Å². The molecule has 1 unspecified atom stereocenters. The number of nitrogens with zero attached hydrogens (tertiary/aromatic N) is 1. The molecule has 0 saturated carbocycles. The maximum atomic E-state index is 3.64. The van der Waals surface area contributed by atoms with Gasteiger partial charge in [0.05, 0.1) is 6.04 Å². The summed E-state index contributed by atoms with van der Waals surface area (Å²) in [7, 11) is 4.19. The van der Waals surface area contributed by atoms with Crippen molar-refractivity contribution in [1.29, 1.82) is 0 Å². The number of thiophene rings is 1. The zero-order chi connectivity index (χ0) is 12.5. The van der Waals surface area contributed by atoms with E-state index in [1.165, 1.54) is 21.7 Å². The first kappa shape index (κ1) is 11.8. The first-order chi connectivity index (χ1) is 8.75. The minimum Gasteiger partial charge on any atom is -0.378 e. The summed E-state index contributed by atoms with van der Waals surface area (Å²) in [5.41, 5.74) is 4.20. The van der Waals surface area contributed by atoms with Gasteiger partial charge in [-0.2, -0.15) is 0 Å². The predicted molar refractivity (Wildman–Crippen MR) is 78.6 cm³/mol. The number of fused-ring (bicyclic) bond motifs is 1. The Labute approximate surface area is 112 Å². The first-order valence-corrected chi connectivity index (χ1v) is 7.20. The van der Waals surface area contributed by atoms with Gasteiger partial charge in [0, 0.05) is 31.2 Å². The minimum absolute atomic E-state index is 0.369. The second kappa shape index (κ2) is 4.75. The number of hydrogen-bond acceptors (Lipinski definition) is 3. The van der Waals surface area contributed by atoms with E-state index in [0.717, 1.165) is 13.0 Å². The van der Waals surface area contributed by atoms with Crippen LogP contribution >= 0.6 is 11.3 Å². The Morgan fingerprint density at radius 1 is 1.28 bits per heavy atom. The smallest absolute Gasteiger partial charge is 0.0674 e. The van der Waals surface area contributed by atoms with E-state index in [-0.39, 0.29) is 0 Å². The van der Waals surface area contributed by atoms with E-state index in [1.807, 2.05) is 11.3 Å². The van der Waals surface area contributed by atoms with E-state index in [1.54, 1.807) is 0 Å². The highest BCUT2D eigenvalue weighted by molar-refractivity contribution is 7.10. The molecule has 1 aliphatic heterocycles. The van der Waals surface area contributed by atoms with Crippen LogP contribution in [0.5, 0.6) is 0 Å². The Morgan fingerprint density at radius 2 is 2.17 bits per heavy atom. The summed E-state index contributed by atoms with van der Waals surface area (Å²) in [4.78, 5) is 3.58. The van der Waals surface area contributed by atoms with Gasteiger partial charge in [-0.05, 0) is 41.1 Å². The number of rotatable bonds is 2. The summed E-state index contributed by atoms with van der Waals surface area (Å²) in [5.74, 6) is 0. The maximum Gasteiger partial charge on any atom is 0.0674 e. The molecule has 0 radical (unpaired) electrons. The van der Waals surface area contributed by atoms with Crippen molar-refractivity contribution in [1.82, 2.24) is 5.32 Å². The molecule has 94 valence electrons. The van der Waals surface area contributed by atoms with Crippen LogP contribution in [0.15, 0.2) is 35.7 Å². The molecule has 0 amide bonds. The Morgan fingerprint density at radius 3 is 2.89 bits per heavy atom. The largest absolute Gasteiger partial charge is 0.378 e. The predicted octanol–water partition coefficient (Wildman–Crippen LogP) is 3.05. The molecular weight excluding hydrogens is 240 g/mol. The Balaban J connectivity index is 2.05. The zero-order valence-corrected chi connectivity index (χ0v) is 11.6. The van der Waals surface area contributed by atoms with Crippen molar-refractivity contribution in [3.63, 3.8) is 0 Å². The van der Waals surface area contributed by atoms with E-state index in [0.29, 0.717) is 6.04 Å². The molecular formula is C15H18N2S. The van der Waals surface area contributed by atoms with E-state index >= 15 is 0 Å². The molecule has 2 heterocycles. The fourth-order valence-corrected chi connectivity index (χ4v) is 3.35. The van der Waals surface area contributed by atoms with Crippen molar-refractivity contribution in [2.75, 3.05) is 25.5 Å². The molecule has 2 aromatic rings. The molecule has 1 atom stereocenters. The van der Waals surface area contributed by atoms with Crippen LogP contribution in [-0.4, -0.2) is 20.6 Å². The quantitative estimate of drug-likeness (QED) is 0.890. The van der Waals surface area contributed by atoms with Crippen LogP contribution < -0.4 is 10.2 Å². The summed E-state index contributed by atoms with van der Waals surface area (Å²) >= 11 is 1.83. The number of hydrogen-bond donors (Lipinski definition) is 1. The fourth-order valence-electron chi connectivity index (χ4n) is 2.53. The molecule has 0 saturated heterocycles. The summed E-state index contributed by atoms with van der Waals surface area (Å²) in [6, 6.07) is 11.5. The summed E-state index contributed by atoms with van der Waals surface area (Å²) < 4.78 is 0. The first-order valence-electron chi connectivity index (χ1n) is 6.32. The fraction of sp³-hybridized carbons (Fsp3) is 0.333. The lowest BCUT2D eigenvalue weighted by atomic mass is 9.93. The molecule has 1 aliphatic rings. The van der Waals surface area contributed by atoms with E-state index in [2.05, 4.69) is 60.0 Å². The van der Waals surface area contributed by atoms with Crippen molar-refractivity contribution in [2.45, 2.75) is 12.5 Å². The molecule has 2 nitrogen and oxygen atoms in total. The van der Waals surface area contributed by atoms with Crippen molar-refractivity contribution >= 4 is 17.0 Å². The van der Waals surface area contributed by atoms with Crippen LogP contribution in [0.3, 0.4) is 0 Å². The molecule has 0 bridgehead atoms. The summed E-state index contributed by atoms with van der Waals surface area (Å²) in [6.45, 7) is 1.07.